The van der Waals surface area contributed by atoms with Crippen LogP contribution in [0.1, 0.15) is 17.2 Å². The molecule has 3 rings (SSSR count). The minimum atomic E-state index is 0.512. The summed E-state index contributed by atoms with van der Waals surface area (Å²) in [6.45, 7) is 2.60. The monoisotopic (exact) mass is 320 g/mol. The van der Waals surface area contributed by atoms with Gasteiger partial charge in [-0.2, -0.15) is 0 Å². The molecule has 3 aromatic heterocycles. The predicted molar refractivity (Wildman–Crippen MR) is 85.0 cm³/mol. The Labute approximate surface area is 132 Å². The Balaban J connectivity index is 2.08. The Morgan fingerprint density at radius 3 is 2.86 bits per heavy atom. The summed E-state index contributed by atoms with van der Waals surface area (Å²) in [7, 11) is 0. The molecule has 0 atom stereocenters. The summed E-state index contributed by atoms with van der Waals surface area (Å²) >= 11 is 11.9. The Morgan fingerprint density at radius 1 is 1.24 bits per heavy atom. The van der Waals surface area contributed by atoms with E-state index in [0.29, 0.717) is 23.9 Å². The number of pyridine rings is 2. The standard InChI is InChI=1S/C15H14Cl2N4/c1-10-3-2-4-12(19-10)9-21-14(5-6-16)20-13-7-11(17)8-18-15(13)21/h2-4,7-8H,5-6,9H2,1H3. The first kappa shape index (κ1) is 14.3. The summed E-state index contributed by atoms with van der Waals surface area (Å²) in [6.07, 6.45) is 2.32. The van der Waals surface area contributed by atoms with Crippen molar-refractivity contribution in [2.45, 2.75) is 19.9 Å². The number of hydrogen-bond donors (Lipinski definition) is 0. The van der Waals surface area contributed by atoms with E-state index in [4.69, 9.17) is 23.2 Å². The predicted octanol–water partition coefficient (Wildman–Crippen LogP) is 3.62. The summed E-state index contributed by atoms with van der Waals surface area (Å²) < 4.78 is 2.05. The molecule has 3 aromatic rings. The van der Waals surface area contributed by atoms with E-state index in [2.05, 4.69) is 19.5 Å². The van der Waals surface area contributed by atoms with Crippen LogP contribution in [-0.4, -0.2) is 25.4 Å². The van der Waals surface area contributed by atoms with Crippen LogP contribution in [0.4, 0.5) is 0 Å². The van der Waals surface area contributed by atoms with E-state index in [1.54, 1.807) is 6.20 Å². The first-order valence-electron chi connectivity index (χ1n) is 6.66. The highest BCUT2D eigenvalue weighted by atomic mass is 35.5. The number of aryl methyl sites for hydroxylation is 2. The Hall–Kier alpha value is -1.65. The lowest BCUT2D eigenvalue weighted by Crippen LogP contribution is -2.08. The smallest absolute Gasteiger partial charge is 0.160 e. The van der Waals surface area contributed by atoms with Gasteiger partial charge >= 0.3 is 0 Å². The number of nitrogens with zero attached hydrogens (tertiary/aromatic N) is 4. The zero-order valence-corrected chi connectivity index (χ0v) is 13.1. The molecular weight excluding hydrogens is 307 g/mol. The zero-order chi connectivity index (χ0) is 14.8. The van der Waals surface area contributed by atoms with Crippen LogP contribution in [0.15, 0.2) is 30.5 Å². The molecule has 21 heavy (non-hydrogen) atoms. The molecule has 0 aromatic carbocycles. The van der Waals surface area contributed by atoms with Crippen LogP contribution in [0, 0.1) is 6.92 Å². The lowest BCUT2D eigenvalue weighted by atomic mass is 10.3. The van der Waals surface area contributed by atoms with Crippen molar-refractivity contribution in [1.82, 2.24) is 19.5 Å². The Kier molecular flexibility index (Phi) is 4.08. The maximum atomic E-state index is 5.99. The van der Waals surface area contributed by atoms with Crippen LogP contribution < -0.4 is 0 Å². The summed E-state index contributed by atoms with van der Waals surface area (Å²) in [6, 6.07) is 7.80. The molecule has 0 bridgehead atoms. The van der Waals surface area contributed by atoms with Crippen molar-refractivity contribution < 1.29 is 0 Å². The van der Waals surface area contributed by atoms with Gasteiger partial charge in [0.1, 0.15) is 11.3 Å². The van der Waals surface area contributed by atoms with Gasteiger partial charge in [-0.15, -0.1) is 11.6 Å². The molecule has 4 nitrogen and oxygen atoms in total. The molecule has 0 aliphatic carbocycles. The van der Waals surface area contributed by atoms with E-state index in [0.717, 1.165) is 28.4 Å². The second kappa shape index (κ2) is 6.00. The molecule has 6 heteroatoms. The lowest BCUT2D eigenvalue weighted by molar-refractivity contribution is 0.729. The van der Waals surface area contributed by atoms with E-state index >= 15 is 0 Å². The third-order valence-corrected chi connectivity index (χ3v) is 3.61. The summed E-state index contributed by atoms with van der Waals surface area (Å²) in [5.41, 5.74) is 3.56. The summed E-state index contributed by atoms with van der Waals surface area (Å²) in [5, 5.41) is 0.582. The van der Waals surface area contributed by atoms with E-state index in [-0.39, 0.29) is 0 Å². The summed E-state index contributed by atoms with van der Waals surface area (Å²) in [5.74, 6) is 1.41. The molecule has 0 fully saturated rings. The highest BCUT2D eigenvalue weighted by Crippen LogP contribution is 2.19. The average molecular weight is 321 g/mol. The minimum absolute atomic E-state index is 0.512. The molecule has 0 amide bonds. The van der Waals surface area contributed by atoms with Crippen LogP contribution in [0.2, 0.25) is 5.02 Å². The maximum absolute atomic E-state index is 5.99. The van der Waals surface area contributed by atoms with Gasteiger partial charge < -0.3 is 4.57 Å². The lowest BCUT2D eigenvalue weighted by Gasteiger charge is -2.08. The third-order valence-electron chi connectivity index (χ3n) is 3.21. The van der Waals surface area contributed by atoms with E-state index in [9.17, 15) is 0 Å². The van der Waals surface area contributed by atoms with Crippen molar-refractivity contribution in [3.63, 3.8) is 0 Å². The number of aromatic nitrogens is 4. The van der Waals surface area contributed by atoms with Crippen molar-refractivity contribution in [2.75, 3.05) is 5.88 Å². The molecular formula is C15H14Cl2N4. The van der Waals surface area contributed by atoms with Gasteiger partial charge in [-0.05, 0) is 25.1 Å². The van der Waals surface area contributed by atoms with Crippen molar-refractivity contribution in [1.29, 1.82) is 0 Å². The fourth-order valence-electron chi connectivity index (χ4n) is 2.32. The van der Waals surface area contributed by atoms with Crippen LogP contribution in [-0.2, 0) is 13.0 Å². The van der Waals surface area contributed by atoms with Crippen LogP contribution >= 0.6 is 23.2 Å². The molecule has 3 heterocycles. The second-order valence-corrected chi connectivity index (χ2v) is 5.63. The Bertz CT molecular complexity index is 782. The fraction of sp³-hybridized carbons (Fsp3) is 0.267. The zero-order valence-electron chi connectivity index (χ0n) is 11.6. The first-order valence-corrected chi connectivity index (χ1v) is 7.58. The normalized spacial score (nSPS) is 11.2. The van der Waals surface area contributed by atoms with E-state index in [1.807, 2.05) is 31.2 Å². The fourth-order valence-corrected chi connectivity index (χ4v) is 2.65. The second-order valence-electron chi connectivity index (χ2n) is 4.82. The molecule has 0 saturated heterocycles. The van der Waals surface area contributed by atoms with Gasteiger partial charge in [0.05, 0.1) is 17.3 Å². The van der Waals surface area contributed by atoms with Gasteiger partial charge in [0.15, 0.2) is 5.65 Å². The first-order chi connectivity index (χ1) is 10.2. The number of alkyl halides is 1. The van der Waals surface area contributed by atoms with Gasteiger partial charge in [-0.25, -0.2) is 9.97 Å². The number of imidazole rings is 1. The number of rotatable bonds is 4. The molecule has 0 aliphatic heterocycles. The van der Waals surface area contributed by atoms with Crippen molar-refractivity contribution in [3.8, 4) is 0 Å². The molecule has 0 saturated carbocycles. The van der Waals surface area contributed by atoms with Gasteiger partial charge in [0.2, 0.25) is 0 Å². The molecule has 108 valence electrons. The van der Waals surface area contributed by atoms with Crippen molar-refractivity contribution in [2.24, 2.45) is 0 Å². The SMILES string of the molecule is Cc1cccc(Cn2c(CCCl)nc3cc(Cl)cnc32)n1. The van der Waals surface area contributed by atoms with Crippen LogP contribution in [0.3, 0.4) is 0 Å². The quantitative estimate of drug-likeness (QED) is 0.689. The average Bonchev–Trinajstić information content (AvgIpc) is 2.76. The molecule has 0 radical (unpaired) electrons. The Morgan fingerprint density at radius 2 is 2.10 bits per heavy atom. The highest BCUT2D eigenvalue weighted by Gasteiger charge is 2.13. The van der Waals surface area contributed by atoms with Gasteiger partial charge in [0, 0.05) is 24.2 Å². The minimum Gasteiger partial charge on any atom is -0.307 e. The van der Waals surface area contributed by atoms with Crippen LogP contribution in [0.5, 0.6) is 0 Å². The van der Waals surface area contributed by atoms with Crippen LogP contribution in [0.25, 0.3) is 11.2 Å². The molecule has 0 aliphatic rings. The largest absolute Gasteiger partial charge is 0.307 e. The van der Waals surface area contributed by atoms with Crippen molar-refractivity contribution in [3.05, 3.63) is 52.7 Å². The van der Waals surface area contributed by atoms with Gasteiger partial charge in [-0.1, -0.05) is 17.7 Å². The van der Waals surface area contributed by atoms with E-state index in [1.165, 1.54) is 0 Å². The topological polar surface area (TPSA) is 43.6 Å². The molecule has 0 unspecified atom stereocenters. The summed E-state index contributed by atoms with van der Waals surface area (Å²) in [4.78, 5) is 13.5. The number of halogens is 2. The van der Waals surface area contributed by atoms with Gasteiger partial charge in [0.25, 0.3) is 0 Å². The maximum Gasteiger partial charge on any atom is 0.160 e. The highest BCUT2D eigenvalue weighted by molar-refractivity contribution is 6.31. The molecule has 0 spiro atoms. The van der Waals surface area contributed by atoms with E-state index < -0.39 is 0 Å². The molecule has 0 N–H and O–H groups in total. The third kappa shape index (κ3) is 3.01. The van der Waals surface area contributed by atoms with Crippen molar-refractivity contribution >= 4 is 34.4 Å². The number of hydrogen-bond acceptors (Lipinski definition) is 3. The van der Waals surface area contributed by atoms with Gasteiger partial charge in [-0.3, -0.25) is 4.98 Å². The number of fused-ring (bicyclic) bond motifs is 1.